The minimum Gasteiger partial charge on any atom is -0.509 e. The Morgan fingerprint density at radius 1 is 1.14 bits per heavy atom. The van der Waals surface area contributed by atoms with E-state index in [1.165, 1.54) is 17.1 Å². The number of aliphatic hydroxyl groups is 1. The Bertz CT molecular complexity index is 1180. The molecule has 1 saturated heterocycles. The fourth-order valence-corrected chi connectivity index (χ4v) is 4.54. The van der Waals surface area contributed by atoms with Crippen molar-refractivity contribution in [1.29, 1.82) is 0 Å². The van der Waals surface area contributed by atoms with Crippen molar-refractivity contribution in [1.82, 2.24) is 10.0 Å². The van der Waals surface area contributed by atoms with Gasteiger partial charge in [-0.15, -0.1) is 0 Å². The van der Waals surface area contributed by atoms with Crippen molar-refractivity contribution in [2.45, 2.75) is 52.3 Å². The van der Waals surface area contributed by atoms with E-state index in [1.807, 2.05) is 44.2 Å². The molecule has 1 fully saturated rings. The van der Waals surface area contributed by atoms with Crippen LogP contribution >= 0.6 is 0 Å². The largest absolute Gasteiger partial charge is 0.509 e. The van der Waals surface area contributed by atoms with Gasteiger partial charge < -0.3 is 14.6 Å². The first-order valence-electron chi connectivity index (χ1n) is 12.0. The third-order valence-electron chi connectivity index (χ3n) is 6.53. The van der Waals surface area contributed by atoms with Gasteiger partial charge in [-0.2, -0.15) is 4.39 Å². The van der Waals surface area contributed by atoms with Crippen LogP contribution in [0.3, 0.4) is 0 Å². The Hall–Kier alpha value is -3.46. The molecule has 2 aliphatic heterocycles. The van der Waals surface area contributed by atoms with Gasteiger partial charge in [0.1, 0.15) is 12.4 Å². The number of hydrogen-bond acceptors (Lipinski definition) is 6. The van der Waals surface area contributed by atoms with Crippen LogP contribution in [0.1, 0.15) is 44.7 Å². The van der Waals surface area contributed by atoms with Crippen LogP contribution in [0.2, 0.25) is 0 Å². The molecule has 1 amide bonds. The SMILES string of the molecule is CC(C)COC(=O)C1=C(O)[C@@]2(C)CCCN2N(Cc2ccc(OCc3ccccc3)c(F)c2F)C1=O. The van der Waals surface area contributed by atoms with Crippen LogP contribution in [-0.2, 0) is 27.5 Å². The zero-order valence-corrected chi connectivity index (χ0v) is 20.6. The third-order valence-corrected chi connectivity index (χ3v) is 6.53. The molecule has 2 aromatic carbocycles. The molecule has 192 valence electrons. The van der Waals surface area contributed by atoms with E-state index in [0.717, 1.165) is 5.56 Å². The lowest BCUT2D eigenvalue weighted by Gasteiger charge is -2.46. The molecule has 1 N–H and O–H groups in total. The molecule has 0 unspecified atom stereocenters. The number of fused-ring (bicyclic) bond motifs is 1. The van der Waals surface area contributed by atoms with Crippen molar-refractivity contribution in [2.75, 3.05) is 13.2 Å². The number of hydrogen-bond donors (Lipinski definition) is 1. The first kappa shape index (κ1) is 25.6. The lowest BCUT2D eigenvalue weighted by atomic mass is 9.91. The Kier molecular flexibility index (Phi) is 7.31. The van der Waals surface area contributed by atoms with Gasteiger partial charge in [0.25, 0.3) is 5.91 Å². The van der Waals surface area contributed by atoms with Crippen molar-refractivity contribution >= 4 is 11.9 Å². The zero-order chi connectivity index (χ0) is 26.0. The van der Waals surface area contributed by atoms with Crippen molar-refractivity contribution in [3.8, 4) is 5.75 Å². The Labute approximate surface area is 208 Å². The number of aliphatic hydroxyl groups excluding tert-OH is 1. The second kappa shape index (κ2) is 10.3. The Balaban J connectivity index is 1.59. The van der Waals surface area contributed by atoms with Crippen molar-refractivity contribution in [3.05, 3.63) is 76.6 Å². The molecule has 0 aliphatic carbocycles. The standard InChI is InChI=1S/C27H30F2N2O5/c1-17(2)15-36-26(34)21-24(32)27(3)12-7-13-31(27)30(25(21)33)14-19-10-11-20(23(29)22(19)28)35-16-18-8-5-4-6-9-18/h4-6,8-11,17,32H,7,12-16H2,1-3H3/t27-/m1/s1. The van der Waals surface area contributed by atoms with E-state index in [-0.39, 0.29) is 42.7 Å². The summed E-state index contributed by atoms with van der Waals surface area (Å²) >= 11 is 0. The highest BCUT2D eigenvalue weighted by Crippen LogP contribution is 2.42. The smallest absolute Gasteiger partial charge is 0.347 e. The number of hydrazine groups is 1. The maximum atomic E-state index is 15.1. The summed E-state index contributed by atoms with van der Waals surface area (Å²) in [6.45, 7) is 5.63. The van der Waals surface area contributed by atoms with E-state index in [2.05, 4.69) is 0 Å². The molecule has 0 bridgehead atoms. The van der Waals surface area contributed by atoms with E-state index in [1.54, 1.807) is 11.9 Å². The van der Waals surface area contributed by atoms with E-state index in [0.29, 0.717) is 19.4 Å². The minimum atomic E-state index is -1.16. The molecule has 0 aromatic heterocycles. The van der Waals surface area contributed by atoms with Crippen LogP contribution in [-0.4, -0.2) is 45.7 Å². The molecule has 4 rings (SSSR count). The highest BCUT2D eigenvalue weighted by Gasteiger charge is 2.53. The first-order valence-corrected chi connectivity index (χ1v) is 12.0. The van der Waals surface area contributed by atoms with Gasteiger partial charge in [-0.3, -0.25) is 9.80 Å². The average molecular weight is 501 g/mol. The van der Waals surface area contributed by atoms with Gasteiger partial charge in [0.05, 0.1) is 18.7 Å². The maximum absolute atomic E-state index is 15.1. The second-order valence-corrected chi connectivity index (χ2v) is 9.70. The summed E-state index contributed by atoms with van der Waals surface area (Å²) in [7, 11) is 0. The van der Waals surface area contributed by atoms with Crippen LogP contribution in [0.15, 0.2) is 53.8 Å². The quantitative estimate of drug-likeness (QED) is 0.419. The van der Waals surface area contributed by atoms with Gasteiger partial charge in [-0.25, -0.2) is 14.2 Å². The summed E-state index contributed by atoms with van der Waals surface area (Å²) in [6, 6.07) is 11.8. The zero-order valence-electron chi connectivity index (χ0n) is 20.6. The van der Waals surface area contributed by atoms with Crippen molar-refractivity contribution in [2.24, 2.45) is 5.92 Å². The molecule has 1 atom stereocenters. The number of benzene rings is 2. The summed E-state index contributed by atoms with van der Waals surface area (Å²) < 4.78 is 40.6. The molecule has 7 nitrogen and oxygen atoms in total. The van der Waals surface area contributed by atoms with E-state index < -0.39 is 34.6 Å². The van der Waals surface area contributed by atoms with E-state index in [4.69, 9.17) is 9.47 Å². The number of rotatable bonds is 8. The van der Waals surface area contributed by atoms with Crippen LogP contribution in [0.4, 0.5) is 8.78 Å². The van der Waals surface area contributed by atoms with Gasteiger partial charge in [-0.1, -0.05) is 50.2 Å². The summed E-state index contributed by atoms with van der Waals surface area (Å²) in [5.41, 5.74) is -0.788. The molecular weight excluding hydrogens is 470 g/mol. The lowest BCUT2D eigenvalue weighted by Crippen LogP contribution is -2.60. The van der Waals surface area contributed by atoms with Gasteiger partial charge in [0.15, 0.2) is 17.1 Å². The topological polar surface area (TPSA) is 79.3 Å². The number of ether oxygens (including phenoxy) is 2. The predicted molar refractivity (Wildman–Crippen MR) is 127 cm³/mol. The van der Waals surface area contributed by atoms with Crippen molar-refractivity contribution < 1.29 is 33.0 Å². The summed E-state index contributed by atoms with van der Waals surface area (Å²) in [5, 5.41) is 13.7. The fourth-order valence-electron chi connectivity index (χ4n) is 4.54. The van der Waals surface area contributed by atoms with Gasteiger partial charge in [0.2, 0.25) is 5.82 Å². The normalized spacial score (nSPS) is 20.2. The molecule has 2 aliphatic rings. The van der Waals surface area contributed by atoms with Crippen LogP contribution < -0.4 is 4.74 Å². The molecule has 0 spiro atoms. The van der Waals surface area contributed by atoms with Gasteiger partial charge >= 0.3 is 5.97 Å². The fraction of sp³-hybridized carbons (Fsp3) is 0.407. The Morgan fingerprint density at radius 3 is 2.56 bits per heavy atom. The van der Waals surface area contributed by atoms with Gasteiger partial charge in [-0.05, 0) is 37.3 Å². The lowest BCUT2D eigenvalue weighted by molar-refractivity contribution is -0.164. The summed E-state index contributed by atoms with van der Waals surface area (Å²) in [4.78, 5) is 26.1. The molecule has 2 heterocycles. The highest BCUT2D eigenvalue weighted by atomic mass is 19.2. The highest BCUT2D eigenvalue weighted by molar-refractivity contribution is 6.17. The van der Waals surface area contributed by atoms with E-state index in [9.17, 15) is 19.1 Å². The number of carbonyl (C=O) groups is 2. The van der Waals surface area contributed by atoms with Crippen LogP contribution in [0.25, 0.3) is 0 Å². The maximum Gasteiger partial charge on any atom is 0.347 e. The van der Waals surface area contributed by atoms with Crippen LogP contribution in [0, 0.1) is 17.6 Å². The third kappa shape index (κ3) is 4.80. The molecular formula is C27H30F2N2O5. The molecule has 36 heavy (non-hydrogen) atoms. The predicted octanol–water partition coefficient (Wildman–Crippen LogP) is 4.67. The summed E-state index contributed by atoms with van der Waals surface area (Å²) in [6.07, 6.45) is 1.12. The molecule has 0 saturated carbocycles. The first-order chi connectivity index (χ1) is 17.1. The number of halogens is 2. The number of nitrogens with zero attached hydrogens (tertiary/aromatic N) is 2. The summed E-state index contributed by atoms with van der Waals surface area (Å²) in [5.74, 6) is -4.61. The monoisotopic (exact) mass is 500 g/mol. The number of esters is 1. The van der Waals surface area contributed by atoms with Crippen molar-refractivity contribution in [3.63, 3.8) is 0 Å². The molecule has 2 aromatic rings. The van der Waals surface area contributed by atoms with Crippen LogP contribution in [0.5, 0.6) is 5.75 Å². The molecule has 0 radical (unpaired) electrons. The molecule has 9 heteroatoms. The number of amides is 1. The Morgan fingerprint density at radius 2 is 1.86 bits per heavy atom. The van der Waals surface area contributed by atoms with Gasteiger partial charge in [0, 0.05) is 12.1 Å². The second-order valence-electron chi connectivity index (χ2n) is 9.70. The average Bonchev–Trinajstić information content (AvgIpc) is 3.26. The van der Waals surface area contributed by atoms with E-state index >= 15 is 4.39 Å². The number of carbonyl (C=O) groups excluding carboxylic acids is 2. The minimum absolute atomic E-state index is 0.0322.